The fraction of sp³-hybridized carbons (Fsp3) is 0.296. The van der Waals surface area contributed by atoms with Crippen molar-refractivity contribution in [3.63, 3.8) is 0 Å². The van der Waals surface area contributed by atoms with Crippen LogP contribution in [0.25, 0.3) is 20.8 Å². The summed E-state index contributed by atoms with van der Waals surface area (Å²) in [4.78, 5) is 18.6. The zero-order chi connectivity index (χ0) is 25.9. The smallest absolute Gasteiger partial charge is 0.407 e. The van der Waals surface area contributed by atoms with Crippen molar-refractivity contribution in [2.45, 2.75) is 53.3 Å². The van der Waals surface area contributed by atoms with Gasteiger partial charge in [-0.15, -0.1) is 0 Å². The topological polar surface area (TPSA) is 52.0 Å². The second-order valence-electron chi connectivity index (χ2n) is 9.15. The highest BCUT2D eigenvalue weighted by Gasteiger charge is 2.21. The summed E-state index contributed by atoms with van der Waals surface area (Å²) in [6.45, 7) is 23.8. The zero-order valence-electron chi connectivity index (χ0n) is 20.3. The van der Waals surface area contributed by atoms with E-state index in [1.165, 1.54) is 18.2 Å². The van der Waals surface area contributed by atoms with E-state index >= 15 is 0 Å². The zero-order valence-corrected chi connectivity index (χ0v) is 20.3. The number of alkyl carbamates (subject to hydrolysis) is 1. The molecule has 3 rings (SSSR count). The average molecular weight is 477 g/mol. The van der Waals surface area contributed by atoms with Crippen LogP contribution in [0.3, 0.4) is 0 Å². The van der Waals surface area contributed by atoms with Crippen LogP contribution in [0.1, 0.15) is 43.3 Å². The third-order valence-corrected chi connectivity index (χ3v) is 5.50. The summed E-state index contributed by atoms with van der Waals surface area (Å²) in [6.07, 6.45) is -0.625. The van der Waals surface area contributed by atoms with E-state index in [0.29, 0.717) is 40.2 Å². The lowest BCUT2D eigenvalue weighted by atomic mass is 10.0. The third kappa shape index (κ3) is 5.67. The number of nitrogens with one attached hydrogen (secondary N) is 1. The molecule has 0 aliphatic heterocycles. The molecule has 0 unspecified atom stereocenters. The van der Waals surface area contributed by atoms with Gasteiger partial charge in [-0.2, -0.15) is 0 Å². The maximum Gasteiger partial charge on any atom is 0.407 e. The van der Waals surface area contributed by atoms with Gasteiger partial charge in [0.2, 0.25) is 11.4 Å². The quantitative estimate of drug-likeness (QED) is 0.395. The average Bonchev–Trinajstić information content (AvgIpc) is 3.01. The van der Waals surface area contributed by atoms with Gasteiger partial charge in [-0.25, -0.2) is 23.3 Å². The van der Waals surface area contributed by atoms with E-state index in [9.17, 15) is 13.6 Å². The number of halogens is 2. The van der Waals surface area contributed by atoms with Crippen LogP contribution in [0, 0.1) is 38.6 Å². The van der Waals surface area contributed by atoms with Gasteiger partial charge in [0.05, 0.1) is 13.1 Å². The first-order chi connectivity index (χ1) is 16.4. The largest absolute Gasteiger partial charge is 0.444 e. The number of benzene rings is 2. The first-order valence-electron chi connectivity index (χ1n) is 10.9. The maximum absolute atomic E-state index is 14.8. The third-order valence-electron chi connectivity index (χ3n) is 5.50. The van der Waals surface area contributed by atoms with Crippen LogP contribution < -0.4 is 5.32 Å². The molecule has 0 saturated carbocycles. The first-order valence-corrected chi connectivity index (χ1v) is 10.9. The number of nitrogens with zero attached hydrogens (tertiary/aromatic N) is 3. The van der Waals surface area contributed by atoms with Crippen LogP contribution in [0.5, 0.6) is 0 Å². The normalized spacial score (nSPS) is 11.0. The predicted molar refractivity (Wildman–Crippen MR) is 130 cm³/mol. The van der Waals surface area contributed by atoms with E-state index < -0.39 is 23.3 Å². The van der Waals surface area contributed by atoms with Gasteiger partial charge in [0.25, 0.3) is 0 Å². The molecule has 0 fully saturated rings. The number of aromatic nitrogens is 1. The van der Waals surface area contributed by atoms with Crippen molar-refractivity contribution in [1.29, 1.82) is 0 Å². The van der Waals surface area contributed by atoms with Gasteiger partial charge in [0, 0.05) is 35.6 Å². The van der Waals surface area contributed by atoms with Crippen molar-refractivity contribution in [3.05, 3.63) is 93.4 Å². The lowest BCUT2D eigenvalue weighted by Crippen LogP contribution is -2.32. The highest BCUT2D eigenvalue weighted by atomic mass is 19.1. The van der Waals surface area contributed by atoms with Crippen LogP contribution in [0.2, 0.25) is 0 Å². The Morgan fingerprint density at radius 3 is 2.31 bits per heavy atom. The minimum atomic E-state index is -0.646. The Labute approximate surface area is 203 Å². The van der Waals surface area contributed by atoms with Gasteiger partial charge in [-0.1, -0.05) is 24.3 Å². The lowest BCUT2D eigenvalue weighted by Gasteiger charge is -2.19. The fourth-order valence-corrected chi connectivity index (χ4v) is 3.84. The molecule has 0 atom stereocenters. The van der Waals surface area contributed by atoms with Gasteiger partial charge < -0.3 is 14.6 Å². The number of ether oxygens (including phenoxy) is 1. The number of carbonyl (C=O) groups is 1. The van der Waals surface area contributed by atoms with E-state index in [-0.39, 0.29) is 12.2 Å². The molecule has 0 bridgehead atoms. The summed E-state index contributed by atoms with van der Waals surface area (Å²) in [5, 5.41) is 2.54. The molecule has 1 N–H and O–H groups in total. The minimum absolute atomic E-state index is 0.0131. The first kappa shape index (κ1) is 25.5. The van der Waals surface area contributed by atoms with Gasteiger partial charge in [0.1, 0.15) is 17.2 Å². The van der Waals surface area contributed by atoms with Crippen molar-refractivity contribution < 1.29 is 18.3 Å². The van der Waals surface area contributed by atoms with Crippen molar-refractivity contribution in [1.82, 2.24) is 9.88 Å². The summed E-state index contributed by atoms with van der Waals surface area (Å²) < 4.78 is 36.1. The Bertz CT molecular complexity index is 1370. The number of hydrogen-bond acceptors (Lipinski definition) is 2. The van der Waals surface area contributed by atoms with Crippen molar-refractivity contribution >= 4 is 17.5 Å². The molecule has 1 aromatic heterocycles. The summed E-state index contributed by atoms with van der Waals surface area (Å²) in [7, 11) is 0. The molecule has 6 nitrogen and oxygen atoms in total. The summed E-state index contributed by atoms with van der Waals surface area (Å²) in [5.41, 5.74) is 3.16. The minimum Gasteiger partial charge on any atom is -0.444 e. The maximum atomic E-state index is 14.8. The second-order valence-corrected chi connectivity index (χ2v) is 9.15. The molecule has 0 spiro atoms. The summed E-state index contributed by atoms with van der Waals surface area (Å²) in [5.74, 6) is -1.11. The van der Waals surface area contributed by atoms with Crippen LogP contribution >= 0.6 is 0 Å². The summed E-state index contributed by atoms with van der Waals surface area (Å²) >= 11 is 0. The van der Waals surface area contributed by atoms with Gasteiger partial charge in [-0.3, -0.25) is 0 Å². The Hall–Kier alpha value is -4.17. The van der Waals surface area contributed by atoms with E-state index in [1.807, 2.05) is 11.5 Å². The molecule has 2 aromatic carbocycles. The highest BCUT2D eigenvalue weighted by Crippen LogP contribution is 2.40. The Morgan fingerprint density at radius 2 is 1.74 bits per heavy atom. The Kier molecular flexibility index (Phi) is 7.26. The monoisotopic (exact) mass is 476 g/mol. The number of rotatable bonds is 5. The highest BCUT2D eigenvalue weighted by molar-refractivity contribution is 5.84. The molecular weight excluding hydrogens is 450 g/mol. The lowest BCUT2D eigenvalue weighted by molar-refractivity contribution is 0.0523. The molecular formula is C27H26F2N4O2. The van der Waals surface area contributed by atoms with E-state index in [4.69, 9.17) is 17.9 Å². The molecule has 0 aliphatic rings. The molecule has 0 aliphatic carbocycles. The number of carbonyl (C=O) groups excluding carboxylic acids is 1. The van der Waals surface area contributed by atoms with Crippen LogP contribution in [-0.4, -0.2) is 16.3 Å². The molecule has 8 heteroatoms. The van der Waals surface area contributed by atoms with E-state index in [1.54, 1.807) is 45.9 Å². The van der Waals surface area contributed by atoms with E-state index in [2.05, 4.69) is 15.0 Å². The Balaban J connectivity index is 1.86. The number of hydrogen-bond donors (Lipinski definition) is 1. The van der Waals surface area contributed by atoms with Gasteiger partial charge in [0.15, 0.2) is 0 Å². The van der Waals surface area contributed by atoms with Gasteiger partial charge in [-0.05, 0) is 57.9 Å². The van der Waals surface area contributed by atoms with Crippen molar-refractivity contribution in [3.8, 4) is 11.1 Å². The second kappa shape index (κ2) is 9.99. The van der Waals surface area contributed by atoms with Crippen molar-refractivity contribution in [2.75, 3.05) is 0 Å². The predicted octanol–water partition coefficient (Wildman–Crippen LogP) is 7.22. The molecule has 35 heavy (non-hydrogen) atoms. The molecule has 1 amide bonds. The molecule has 0 saturated heterocycles. The van der Waals surface area contributed by atoms with Crippen LogP contribution in [0.4, 0.5) is 25.0 Å². The van der Waals surface area contributed by atoms with Gasteiger partial charge >= 0.3 is 6.09 Å². The molecule has 0 radical (unpaired) electrons. The SMILES string of the molecule is [C-]#[N+]c1ccc(-c2c([N+]#[C-])c(C)n(Cc3ccc(CNC(=O)OC(C)(C)C)c(F)c3)c2C)cc1F. The number of amides is 1. The van der Waals surface area contributed by atoms with E-state index in [0.717, 1.165) is 5.69 Å². The molecule has 1 heterocycles. The molecule has 180 valence electrons. The Morgan fingerprint density at radius 1 is 1.03 bits per heavy atom. The standard InChI is InChI=1S/C27H26F2N4O2/c1-16-24(19-10-11-23(30-6)22(29)13-19)25(31-7)17(2)33(16)15-18-8-9-20(21(28)12-18)14-32-26(34)35-27(3,4)5/h8-13H,14-15H2,1-5H3,(H,32,34). The fourth-order valence-electron chi connectivity index (χ4n) is 3.84. The molecule has 3 aromatic rings. The van der Waals surface area contributed by atoms with Crippen LogP contribution in [-0.2, 0) is 17.8 Å². The van der Waals surface area contributed by atoms with Crippen molar-refractivity contribution in [2.24, 2.45) is 0 Å². The van der Waals surface area contributed by atoms with Crippen LogP contribution in [0.15, 0.2) is 36.4 Å². The summed E-state index contributed by atoms with van der Waals surface area (Å²) in [6, 6.07) is 9.05.